The summed E-state index contributed by atoms with van der Waals surface area (Å²) in [6.45, 7) is 3.26. The lowest BCUT2D eigenvalue weighted by atomic mass is 9.91. The summed E-state index contributed by atoms with van der Waals surface area (Å²) in [5.41, 5.74) is 0.398. The summed E-state index contributed by atoms with van der Waals surface area (Å²) < 4.78 is 33.6. The van der Waals surface area contributed by atoms with E-state index in [1.165, 1.54) is 10.4 Å². The Bertz CT molecular complexity index is 942. The molecule has 0 unspecified atom stereocenters. The van der Waals surface area contributed by atoms with Crippen molar-refractivity contribution in [3.63, 3.8) is 0 Å². The highest BCUT2D eigenvalue weighted by Crippen LogP contribution is 2.33. The molecule has 28 heavy (non-hydrogen) atoms. The minimum absolute atomic E-state index is 0.00840. The molecule has 9 heteroatoms. The van der Waals surface area contributed by atoms with Crippen LogP contribution in [-0.2, 0) is 14.8 Å². The van der Waals surface area contributed by atoms with Gasteiger partial charge in [0.1, 0.15) is 5.70 Å². The summed E-state index contributed by atoms with van der Waals surface area (Å²) in [6, 6.07) is 6.42. The molecule has 4 rings (SSSR count). The number of ether oxygens (including phenoxy) is 1. The monoisotopic (exact) mass is 405 g/mol. The quantitative estimate of drug-likeness (QED) is 0.709. The van der Waals surface area contributed by atoms with Crippen molar-refractivity contribution in [1.82, 2.24) is 14.1 Å². The first-order valence-corrected chi connectivity index (χ1v) is 10.8. The number of carbonyl (C=O) groups excluding carboxylic acids is 2. The molecule has 0 N–H and O–H groups in total. The fourth-order valence-corrected chi connectivity index (χ4v) is 5.52. The minimum Gasteiger partial charge on any atom is -0.378 e. The number of piperazine rings is 1. The van der Waals surface area contributed by atoms with Crippen molar-refractivity contribution in [2.75, 3.05) is 59.5 Å². The first-order chi connectivity index (χ1) is 13.4. The van der Waals surface area contributed by atoms with Crippen molar-refractivity contribution in [1.29, 1.82) is 0 Å². The van der Waals surface area contributed by atoms with Gasteiger partial charge in [-0.05, 0) is 7.05 Å². The Morgan fingerprint density at radius 2 is 1.43 bits per heavy atom. The lowest BCUT2D eigenvalue weighted by Crippen LogP contribution is -2.50. The van der Waals surface area contributed by atoms with E-state index in [-0.39, 0.29) is 21.7 Å². The molecule has 0 radical (unpaired) electrons. The first-order valence-electron chi connectivity index (χ1n) is 9.35. The molecule has 2 fully saturated rings. The van der Waals surface area contributed by atoms with Gasteiger partial charge in [0.25, 0.3) is 0 Å². The number of nitrogens with zero attached hydrogens (tertiary/aromatic N) is 3. The second-order valence-corrected chi connectivity index (χ2v) is 9.06. The van der Waals surface area contributed by atoms with Gasteiger partial charge < -0.3 is 14.5 Å². The fourth-order valence-electron chi connectivity index (χ4n) is 3.81. The van der Waals surface area contributed by atoms with Crippen molar-refractivity contribution in [3.8, 4) is 0 Å². The number of ketones is 2. The van der Waals surface area contributed by atoms with Gasteiger partial charge in [-0.3, -0.25) is 9.59 Å². The van der Waals surface area contributed by atoms with Crippen LogP contribution in [0.5, 0.6) is 0 Å². The molecule has 8 nitrogen and oxygen atoms in total. The van der Waals surface area contributed by atoms with Gasteiger partial charge in [0.2, 0.25) is 21.6 Å². The zero-order chi connectivity index (χ0) is 19.9. The van der Waals surface area contributed by atoms with Crippen LogP contribution in [0.25, 0.3) is 0 Å². The van der Waals surface area contributed by atoms with Gasteiger partial charge in [0.05, 0.1) is 13.2 Å². The third-order valence-electron chi connectivity index (χ3n) is 5.44. The lowest BCUT2D eigenvalue weighted by molar-refractivity contribution is 0.0498. The van der Waals surface area contributed by atoms with Crippen molar-refractivity contribution in [3.05, 3.63) is 46.0 Å². The second-order valence-electron chi connectivity index (χ2n) is 7.19. The molecule has 2 aliphatic heterocycles. The molecule has 3 aliphatic rings. The number of likely N-dealkylation sites (N-methyl/N-ethyl adjacent to an activating group) is 1. The van der Waals surface area contributed by atoms with Crippen molar-refractivity contribution < 1.29 is 22.7 Å². The number of benzene rings is 1. The number of hydrogen-bond donors (Lipinski definition) is 0. The molecule has 0 aromatic heterocycles. The van der Waals surface area contributed by atoms with E-state index in [0.29, 0.717) is 52.5 Å². The second kappa shape index (κ2) is 7.40. The van der Waals surface area contributed by atoms with E-state index in [2.05, 4.69) is 0 Å². The molecule has 2 heterocycles. The van der Waals surface area contributed by atoms with Crippen LogP contribution in [0.1, 0.15) is 20.7 Å². The van der Waals surface area contributed by atoms with E-state index in [9.17, 15) is 18.0 Å². The van der Waals surface area contributed by atoms with Crippen LogP contribution in [0.3, 0.4) is 0 Å². The van der Waals surface area contributed by atoms with Gasteiger partial charge >= 0.3 is 0 Å². The summed E-state index contributed by atoms with van der Waals surface area (Å²) in [6.07, 6.45) is 0. The molecule has 1 aromatic carbocycles. The van der Waals surface area contributed by atoms with Crippen molar-refractivity contribution in [2.45, 2.75) is 0 Å². The summed E-state index contributed by atoms with van der Waals surface area (Å²) in [4.78, 5) is 29.9. The fraction of sp³-hybridized carbons (Fsp3) is 0.474. The number of carbonyl (C=O) groups is 2. The van der Waals surface area contributed by atoms with Crippen LogP contribution in [-0.4, -0.2) is 93.6 Å². The molecule has 1 aromatic rings. The summed E-state index contributed by atoms with van der Waals surface area (Å²) in [5.74, 6) is -1.01. The largest absolute Gasteiger partial charge is 0.378 e. The zero-order valence-corrected chi connectivity index (χ0v) is 16.6. The van der Waals surface area contributed by atoms with Crippen LogP contribution in [0, 0.1) is 0 Å². The number of allylic oxidation sites excluding steroid dienone is 2. The minimum atomic E-state index is -4.10. The normalized spacial score (nSPS) is 22.5. The highest BCUT2D eigenvalue weighted by molar-refractivity contribution is 7.94. The molecule has 150 valence electrons. The van der Waals surface area contributed by atoms with Gasteiger partial charge in [-0.1, -0.05) is 24.3 Å². The van der Waals surface area contributed by atoms with Crippen LogP contribution in [0.4, 0.5) is 0 Å². The van der Waals surface area contributed by atoms with E-state index < -0.39 is 21.6 Å². The Hall–Kier alpha value is -2.07. The SMILES string of the molecule is CN1CCN(S(=O)(=O)C2=C(N3CCOCC3)C(=O)c3ccccc3C2=O)CC1. The summed E-state index contributed by atoms with van der Waals surface area (Å²) >= 11 is 0. The number of rotatable bonds is 3. The summed E-state index contributed by atoms with van der Waals surface area (Å²) in [5, 5.41) is 0. The average Bonchev–Trinajstić information content (AvgIpc) is 2.71. The van der Waals surface area contributed by atoms with E-state index in [1.54, 1.807) is 23.1 Å². The topological polar surface area (TPSA) is 87.2 Å². The number of fused-ring (bicyclic) bond motifs is 1. The molecule has 0 saturated carbocycles. The van der Waals surface area contributed by atoms with E-state index in [4.69, 9.17) is 4.74 Å². The van der Waals surface area contributed by atoms with Crippen molar-refractivity contribution in [2.24, 2.45) is 0 Å². The van der Waals surface area contributed by atoms with E-state index in [0.717, 1.165) is 0 Å². The highest BCUT2D eigenvalue weighted by atomic mass is 32.2. The first kappa shape index (κ1) is 19.3. The number of sulfonamides is 1. The molecule has 2 saturated heterocycles. The Balaban J connectivity index is 1.85. The molecule has 0 amide bonds. The van der Waals surface area contributed by atoms with Gasteiger partial charge in [0, 0.05) is 50.4 Å². The van der Waals surface area contributed by atoms with Gasteiger partial charge in [-0.15, -0.1) is 0 Å². The van der Waals surface area contributed by atoms with Crippen LogP contribution in [0.2, 0.25) is 0 Å². The number of morpholine rings is 1. The Morgan fingerprint density at radius 1 is 0.857 bits per heavy atom. The average molecular weight is 405 g/mol. The van der Waals surface area contributed by atoms with Crippen LogP contribution in [0.15, 0.2) is 34.9 Å². The highest BCUT2D eigenvalue weighted by Gasteiger charge is 2.44. The number of hydrogen-bond acceptors (Lipinski definition) is 7. The standard InChI is InChI=1S/C19H23N3O5S/c1-20-6-8-22(9-7-20)28(25,26)19-16(21-10-12-27-13-11-21)17(23)14-4-2-3-5-15(14)18(19)24/h2-5H,6-13H2,1H3. The Labute approximate surface area is 164 Å². The van der Waals surface area contributed by atoms with E-state index in [1.807, 2.05) is 11.9 Å². The van der Waals surface area contributed by atoms with E-state index >= 15 is 0 Å². The molecule has 1 aliphatic carbocycles. The molecule has 0 spiro atoms. The molecular weight excluding hydrogens is 382 g/mol. The van der Waals surface area contributed by atoms with Gasteiger partial charge in [-0.25, -0.2) is 8.42 Å². The van der Waals surface area contributed by atoms with Gasteiger partial charge in [-0.2, -0.15) is 4.31 Å². The smallest absolute Gasteiger partial charge is 0.249 e. The third kappa shape index (κ3) is 3.18. The van der Waals surface area contributed by atoms with Gasteiger partial charge in [0.15, 0.2) is 4.91 Å². The Morgan fingerprint density at radius 3 is 2.04 bits per heavy atom. The molecular formula is C19H23N3O5S. The molecule has 0 atom stereocenters. The predicted molar refractivity (Wildman–Crippen MR) is 103 cm³/mol. The van der Waals surface area contributed by atoms with Crippen molar-refractivity contribution >= 4 is 21.6 Å². The molecule has 0 bridgehead atoms. The Kier molecular flexibility index (Phi) is 5.09. The maximum absolute atomic E-state index is 13.5. The zero-order valence-electron chi connectivity index (χ0n) is 15.8. The maximum atomic E-state index is 13.5. The van der Waals surface area contributed by atoms with Crippen LogP contribution >= 0.6 is 0 Å². The third-order valence-corrected chi connectivity index (χ3v) is 7.38. The predicted octanol–water partition coefficient (Wildman–Crippen LogP) is 0.187. The lowest BCUT2D eigenvalue weighted by Gasteiger charge is -2.36. The van der Waals surface area contributed by atoms with Crippen LogP contribution < -0.4 is 0 Å². The number of Topliss-reactive ketones (excluding diaryl/α,β-unsaturated/α-hetero) is 2. The maximum Gasteiger partial charge on any atom is 0.249 e. The summed E-state index contributed by atoms with van der Waals surface area (Å²) in [7, 11) is -2.17.